The third-order valence-corrected chi connectivity index (χ3v) is 3.32. The molecule has 1 heterocycles. The summed E-state index contributed by atoms with van der Waals surface area (Å²) in [6.45, 7) is 0. The summed E-state index contributed by atoms with van der Waals surface area (Å²) in [5.74, 6) is -0.0842. The van der Waals surface area contributed by atoms with Gasteiger partial charge in [0.2, 0.25) is 5.91 Å². The molecule has 17 heavy (non-hydrogen) atoms. The molecule has 0 spiro atoms. The number of benzene rings is 1. The van der Waals surface area contributed by atoms with Crippen molar-refractivity contribution in [1.82, 2.24) is 0 Å². The molecule has 1 fully saturated rings. The minimum absolute atomic E-state index is 0.183. The van der Waals surface area contributed by atoms with E-state index in [4.69, 9.17) is 5.73 Å². The van der Waals surface area contributed by atoms with Crippen LogP contribution in [0.4, 0.5) is 18.9 Å². The van der Waals surface area contributed by atoms with Crippen molar-refractivity contribution < 1.29 is 18.0 Å². The predicted octanol–water partition coefficient (Wildman–Crippen LogP) is 2.03. The van der Waals surface area contributed by atoms with Crippen LogP contribution in [0.5, 0.6) is 0 Å². The molecule has 1 aromatic carbocycles. The third-order valence-electron chi connectivity index (χ3n) is 2.35. The number of nitrogens with two attached hydrogens (primary N) is 1. The molecule has 0 radical (unpaired) electrons. The fraction of sp³-hybridized carbons (Fsp3) is 0.300. The van der Waals surface area contributed by atoms with E-state index in [9.17, 15) is 18.0 Å². The van der Waals surface area contributed by atoms with Crippen LogP contribution in [0.3, 0.4) is 0 Å². The van der Waals surface area contributed by atoms with E-state index in [1.165, 1.54) is 28.8 Å². The lowest BCUT2D eigenvalue weighted by Crippen LogP contribution is -2.38. The number of alkyl halides is 3. The highest BCUT2D eigenvalue weighted by Crippen LogP contribution is 2.34. The van der Waals surface area contributed by atoms with Crippen LogP contribution in [0.1, 0.15) is 5.56 Å². The molecular formula is C10H9F3N2OS. The average Bonchev–Trinajstić information content (AvgIpc) is 2.57. The number of halogens is 3. The van der Waals surface area contributed by atoms with E-state index >= 15 is 0 Å². The number of hydrogen-bond donors (Lipinski definition) is 1. The zero-order valence-electron chi connectivity index (χ0n) is 8.57. The number of nitrogens with zero attached hydrogens (tertiary/aromatic N) is 1. The second kappa shape index (κ2) is 4.23. The summed E-state index contributed by atoms with van der Waals surface area (Å²) in [6.07, 6.45) is -4.42. The highest BCUT2D eigenvalue weighted by molar-refractivity contribution is 8.01. The van der Waals surface area contributed by atoms with E-state index in [1.54, 1.807) is 0 Å². The Labute approximate surface area is 99.8 Å². The number of carbonyl (C=O) groups is 1. The van der Waals surface area contributed by atoms with Gasteiger partial charge in [-0.05, 0) is 18.2 Å². The first-order chi connectivity index (χ1) is 7.89. The van der Waals surface area contributed by atoms with E-state index in [0.29, 0.717) is 0 Å². The molecule has 1 atom stereocenters. The molecule has 1 amide bonds. The van der Waals surface area contributed by atoms with Crippen LogP contribution in [0, 0.1) is 0 Å². The molecule has 1 aliphatic heterocycles. The SMILES string of the molecule is NC1SCC(=O)N1c1cccc(C(F)(F)F)c1. The fourth-order valence-electron chi connectivity index (χ4n) is 1.57. The summed E-state index contributed by atoms with van der Waals surface area (Å²) in [4.78, 5) is 12.7. The van der Waals surface area contributed by atoms with Gasteiger partial charge in [-0.2, -0.15) is 13.2 Å². The Morgan fingerprint density at radius 3 is 2.65 bits per heavy atom. The first-order valence-electron chi connectivity index (χ1n) is 4.76. The smallest absolute Gasteiger partial charge is 0.302 e. The van der Waals surface area contributed by atoms with Gasteiger partial charge >= 0.3 is 6.18 Å². The average molecular weight is 262 g/mol. The monoisotopic (exact) mass is 262 g/mol. The van der Waals surface area contributed by atoms with E-state index < -0.39 is 17.2 Å². The van der Waals surface area contributed by atoms with Crippen LogP contribution < -0.4 is 10.6 Å². The highest BCUT2D eigenvalue weighted by atomic mass is 32.2. The molecule has 1 aliphatic rings. The normalized spacial score (nSPS) is 21.1. The van der Waals surface area contributed by atoms with Gasteiger partial charge in [0.25, 0.3) is 0 Å². The number of anilines is 1. The van der Waals surface area contributed by atoms with Crippen molar-refractivity contribution in [3.63, 3.8) is 0 Å². The standard InChI is InChI=1S/C10H9F3N2OS/c11-10(12,13)6-2-1-3-7(4-6)15-8(16)5-17-9(15)14/h1-4,9H,5,14H2. The number of amides is 1. The minimum Gasteiger partial charge on any atom is -0.302 e. The molecule has 2 N–H and O–H groups in total. The molecular weight excluding hydrogens is 253 g/mol. The number of thioether (sulfide) groups is 1. The van der Waals surface area contributed by atoms with Gasteiger partial charge in [0, 0.05) is 5.69 Å². The van der Waals surface area contributed by atoms with Crippen molar-refractivity contribution in [2.24, 2.45) is 5.73 Å². The first-order valence-corrected chi connectivity index (χ1v) is 5.81. The summed E-state index contributed by atoms with van der Waals surface area (Å²) in [5.41, 5.74) is 4.43. The van der Waals surface area contributed by atoms with Crippen LogP contribution in [-0.4, -0.2) is 17.2 Å². The Morgan fingerprint density at radius 2 is 2.12 bits per heavy atom. The molecule has 0 aliphatic carbocycles. The molecule has 1 saturated heterocycles. The van der Waals surface area contributed by atoms with Gasteiger partial charge < -0.3 is 5.73 Å². The highest BCUT2D eigenvalue weighted by Gasteiger charge is 2.34. The summed E-state index contributed by atoms with van der Waals surface area (Å²) in [7, 11) is 0. The summed E-state index contributed by atoms with van der Waals surface area (Å²) < 4.78 is 37.5. The molecule has 92 valence electrons. The Bertz CT molecular complexity index is 449. The summed E-state index contributed by atoms with van der Waals surface area (Å²) in [6, 6.07) is 4.60. The van der Waals surface area contributed by atoms with E-state index in [2.05, 4.69) is 0 Å². The minimum atomic E-state index is -4.42. The Balaban J connectivity index is 2.37. The second-order valence-electron chi connectivity index (χ2n) is 3.51. The number of hydrogen-bond acceptors (Lipinski definition) is 3. The van der Waals surface area contributed by atoms with Crippen LogP contribution in [0.2, 0.25) is 0 Å². The van der Waals surface area contributed by atoms with Gasteiger partial charge in [-0.3, -0.25) is 9.69 Å². The second-order valence-corrected chi connectivity index (χ2v) is 4.62. The largest absolute Gasteiger partial charge is 0.416 e. The van der Waals surface area contributed by atoms with Crippen molar-refractivity contribution in [1.29, 1.82) is 0 Å². The maximum absolute atomic E-state index is 12.5. The molecule has 0 bridgehead atoms. The van der Waals surface area contributed by atoms with Gasteiger partial charge in [0.1, 0.15) is 5.50 Å². The number of carbonyl (C=O) groups excluding carboxylic acids is 1. The molecule has 0 aromatic heterocycles. The zero-order chi connectivity index (χ0) is 12.6. The molecule has 1 aromatic rings. The molecule has 3 nitrogen and oxygen atoms in total. The number of rotatable bonds is 1. The van der Waals surface area contributed by atoms with Crippen molar-refractivity contribution in [2.45, 2.75) is 11.7 Å². The lowest BCUT2D eigenvalue weighted by atomic mass is 10.2. The van der Waals surface area contributed by atoms with Crippen molar-refractivity contribution in [3.8, 4) is 0 Å². The quantitative estimate of drug-likeness (QED) is 0.842. The lowest BCUT2D eigenvalue weighted by molar-refractivity contribution is -0.137. The lowest BCUT2D eigenvalue weighted by Gasteiger charge is -2.21. The summed E-state index contributed by atoms with van der Waals surface area (Å²) in [5, 5.41) is 0. The third kappa shape index (κ3) is 2.39. The Morgan fingerprint density at radius 1 is 1.41 bits per heavy atom. The van der Waals surface area contributed by atoms with Crippen LogP contribution in [0.15, 0.2) is 24.3 Å². The maximum Gasteiger partial charge on any atom is 0.416 e. The maximum atomic E-state index is 12.5. The fourth-order valence-corrected chi connectivity index (χ4v) is 2.41. The van der Waals surface area contributed by atoms with Crippen molar-refractivity contribution in [2.75, 3.05) is 10.7 Å². The molecule has 7 heteroatoms. The zero-order valence-corrected chi connectivity index (χ0v) is 9.39. The Kier molecular flexibility index (Phi) is 3.05. The van der Waals surface area contributed by atoms with Crippen molar-refractivity contribution in [3.05, 3.63) is 29.8 Å². The van der Waals surface area contributed by atoms with E-state index in [0.717, 1.165) is 12.1 Å². The van der Waals surface area contributed by atoms with Gasteiger partial charge in [0.15, 0.2) is 0 Å². The van der Waals surface area contributed by atoms with Crippen LogP contribution in [-0.2, 0) is 11.0 Å². The molecule has 1 unspecified atom stereocenters. The Hall–Kier alpha value is -1.21. The summed E-state index contributed by atoms with van der Waals surface area (Å²) >= 11 is 1.19. The van der Waals surface area contributed by atoms with Gasteiger partial charge in [-0.15, -0.1) is 11.8 Å². The first kappa shape index (κ1) is 12.3. The molecule has 2 rings (SSSR count). The van der Waals surface area contributed by atoms with Gasteiger partial charge in [-0.25, -0.2) is 0 Å². The van der Waals surface area contributed by atoms with Crippen LogP contribution >= 0.6 is 11.8 Å². The van der Waals surface area contributed by atoms with Gasteiger partial charge in [-0.1, -0.05) is 6.07 Å². The predicted molar refractivity (Wildman–Crippen MR) is 59.4 cm³/mol. The topological polar surface area (TPSA) is 46.3 Å². The van der Waals surface area contributed by atoms with E-state index in [1.807, 2.05) is 0 Å². The van der Waals surface area contributed by atoms with Crippen LogP contribution in [0.25, 0.3) is 0 Å². The van der Waals surface area contributed by atoms with Crippen molar-refractivity contribution >= 4 is 23.4 Å². The molecule has 0 saturated carbocycles. The van der Waals surface area contributed by atoms with Gasteiger partial charge in [0.05, 0.1) is 11.3 Å². The van der Waals surface area contributed by atoms with E-state index in [-0.39, 0.29) is 17.3 Å².